The number of piperidine rings is 1. The average molecular weight is 558 g/mol. The number of halogens is 1. The number of aliphatic imine (C=N–C) groups is 1. The quantitative estimate of drug-likeness (QED) is 0.114. The van der Waals surface area contributed by atoms with Crippen LogP contribution in [0.3, 0.4) is 0 Å². The van der Waals surface area contributed by atoms with Gasteiger partial charge in [-0.1, -0.05) is 19.1 Å². The molecule has 180 valence electrons. The van der Waals surface area contributed by atoms with Crippen LogP contribution in [-0.2, 0) is 9.59 Å². The molecule has 0 aromatic rings. The molecule has 0 radical (unpaired) electrons. The number of carbonyl (C=O) groups is 2. The molecule has 2 amide bonds. The van der Waals surface area contributed by atoms with E-state index >= 15 is 0 Å². The number of fused-ring (bicyclic) bond motifs is 5. The van der Waals surface area contributed by atoms with E-state index in [-0.39, 0.29) is 59.5 Å². The Bertz CT molecular complexity index is 697. The number of carbonyl (C=O) groups excluding carboxylic acids is 2. The molecule has 0 spiro atoms. The van der Waals surface area contributed by atoms with Crippen LogP contribution in [-0.4, -0.2) is 73.4 Å². The lowest BCUT2D eigenvalue weighted by Crippen LogP contribution is -2.43. The number of allylic oxidation sites excluding steroid dienone is 2. The first-order valence-electron chi connectivity index (χ1n) is 12.4. The lowest BCUT2D eigenvalue weighted by Gasteiger charge is -2.30. The van der Waals surface area contributed by atoms with Gasteiger partial charge in [0, 0.05) is 32.7 Å². The molecule has 4 rings (SSSR count). The van der Waals surface area contributed by atoms with Crippen LogP contribution >= 0.6 is 24.0 Å². The zero-order chi connectivity index (χ0) is 21.8. The standard InChI is InChI=1S/C24H39N5O2.HI/c1-3-25-24(26-10-4-5-12-28-13-6-7-17(2)16-28)27-11-14-29-22(30)20-18-8-9-19(15-18)21(20)23(29)31;/h8-9,17-21H,3-7,10-16H2,1-2H3,(H2,25,26,27);1H. The van der Waals surface area contributed by atoms with Crippen molar-refractivity contribution >= 4 is 41.8 Å². The van der Waals surface area contributed by atoms with Gasteiger partial charge in [-0.3, -0.25) is 19.5 Å². The van der Waals surface area contributed by atoms with Gasteiger partial charge in [-0.2, -0.15) is 0 Å². The van der Waals surface area contributed by atoms with Crippen LogP contribution in [0.15, 0.2) is 17.1 Å². The van der Waals surface area contributed by atoms with E-state index in [1.165, 1.54) is 43.8 Å². The minimum absolute atomic E-state index is 0. The molecule has 1 saturated carbocycles. The molecular formula is C24H40IN5O2. The third-order valence-corrected chi connectivity index (χ3v) is 7.43. The number of unbranched alkanes of at least 4 members (excludes halogenated alkanes) is 1. The Balaban J connectivity index is 0.00000289. The highest BCUT2D eigenvalue weighted by Crippen LogP contribution is 2.52. The second-order valence-electron chi connectivity index (χ2n) is 9.77. The average Bonchev–Trinajstić information content (AvgIpc) is 3.43. The van der Waals surface area contributed by atoms with Crippen LogP contribution < -0.4 is 10.6 Å². The lowest BCUT2D eigenvalue weighted by atomic mass is 9.85. The molecule has 32 heavy (non-hydrogen) atoms. The van der Waals surface area contributed by atoms with Crippen LogP contribution in [0.4, 0.5) is 0 Å². The van der Waals surface area contributed by atoms with Crippen molar-refractivity contribution in [1.82, 2.24) is 20.4 Å². The van der Waals surface area contributed by atoms with E-state index in [1.54, 1.807) is 0 Å². The van der Waals surface area contributed by atoms with E-state index in [0.29, 0.717) is 13.1 Å². The summed E-state index contributed by atoms with van der Waals surface area (Å²) in [4.78, 5) is 34.3. The molecule has 8 heteroatoms. The van der Waals surface area contributed by atoms with Crippen molar-refractivity contribution in [2.24, 2.45) is 34.6 Å². The number of imide groups is 1. The van der Waals surface area contributed by atoms with Gasteiger partial charge in [-0.25, -0.2) is 0 Å². The minimum atomic E-state index is -0.104. The van der Waals surface area contributed by atoms with Crippen LogP contribution in [0, 0.1) is 29.6 Å². The van der Waals surface area contributed by atoms with Crippen molar-refractivity contribution in [3.05, 3.63) is 12.2 Å². The van der Waals surface area contributed by atoms with Gasteiger partial charge in [-0.15, -0.1) is 24.0 Å². The number of nitrogens with one attached hydrogen (secondary N) is 2. The van der Waals surface area contributed by atoms with Gasteiger partial charge in [0.05, 0.1) is 11.8 Å². The highest BCUT2D eigenvalue weighted by atomic mass is 127. The number of hydrogen-bond acceptors (Lipinski definition) is 4. The summed E-state index contributed by atoms with van der Waals surface area (Å²) in [5, 5.41) is 6.58. The van der Waals surface area contributed by atoms with Crippen molar-refractivity contribution in [2.45, 2.75) is 46.0 Å². The molecule has 2 heterocycles. The Kier molecular flexibility index (Phi) is 9.40. The number of amides is 2. The van der Waals surface area contributed by atoms with E-state index in [4.69, 9.17) is 0 Å². The highest BCUT2D eigenvalue weighted by molar-refractivity contribution is 14.0. The summed E-state index contributed by atoms with van der Waals surface area (Å²) in [6.07, 6.45) is 10.2. The predicted octanol–water partition coefficient (Wildman–Crippen LogP) is 2.48. The molecule has 2 saturated heterocycles. The second-order valence-corrected chi connectivity index (χ2v) is 9.77. The third kappa shape index (κ3) is 5.66. The molecule has 2 aliphatic carbocycles. The van der Waals surface area contributed by atoms with Crippen molar-refractivity contribution in [2.75, 3.05) is 45.8 Å². The fourth-order valence-corrected chi connectivity index (χ4v) is 5.94. The SMILES string of the molecule is CCNC(=NCCCCN1CCCC(C)C1)NCCN1C(=O)C2C3C=CC(C3)C2C1=O.I. The van der Waals surface area contributed by atoms with Crippen molar-refractivity contribution in [3.8, 4) is 0 Å². The fourth-order valence-electron chi connectivity index (χ4n) is 5.94. The molecule has 5 unspecified atom stereocenters. The summed E-state index contributed by atoms with van der Waals surface area (Å²) in [6, 6.07) is 0. The van der Waals surface area contributed by atoms with Crippen molar-refractivity contribution in [3.63, 3.8) is 0 Å². The van der Waals surface area contributed by atoms with Crippen molar-refractivity contribution < 1.29 is 9.59 Å². The van der Waals surface area contributed by atoms with E-state index in [0.717, 1.165) is 37.8 Å². The molecule has 2 N–H and O–H groups in total. The maximum absolute atomic E-state index is 12.8. The molecule has 0 aromatic heterocycles. The summed E-state index contributed by atoms with van der Waals surface area (Å²) < 4.78 is 0. The summed E-state index contributed by atoms with van der Waals surface area (Å²) in [7, 11) is 0. The van der Waals surface area contributed by atoms with Crippen molar-refractivity contribution in [1.29, 1.82) is 0 Å². The van der Waals surface area contributed by atoms with E-state index in [1.807, 2.05) is 6.92 Å². The van der Waals surface area contributed by atoms with Crippen LogP contribution in [0.5, 0.6) is 0 Å². The van der Waals surface area contributed by atoms with Crippen LogP contribution in [0.1, 0.15) is 46.0 Å². The Labute approximate surface area is 209 Å². The summed E-state index contributed by atoms with van der Waals surface area (Å²) >= 11 is 0. The summed E-state index contributed by atoms with van der Waals surface area (Å²) in [5.41, 5.74) is 0. The molecule has 3 fully saturated rings. The molecule has 4 aliphatic rings. The Morgan fingerprint density at radius 3 is 2.47 bits per heavy atom. The summed E-state index contributed by atoms with van der Waals surface area (Å²) in [6.45, 7) is 10.6. The number of guanidine groups is 1. The van der Waals surface area contributed by atoms with E-state index in [9.17, 15) is 9.59 Å². The minimum Gasteiger partial charge on any atom is -0.357 e. The van der Waals surface area contributed by atoms with Gasteiger partial charge in [-0.05, 0) is 69.9 Å². The number of likely N-dealkylation sites (tertiary alicyclic amines) is 2. The Morgan fingerprint density at radius 1 is 1.09 bits per heavy atom. The topological polar surface area (TPSA) is 77.0 Å². The monoisotopic (exact) mass is 557 g/mol. The Morgan fingerprint density at radius 2 is 1.81 bits per heavy atom. The smallest absolute Gasteiger partial charge is 0.233 e. The second kappa shape index (κ2) is 11.8. The number of hydrogen-bond donors (Lipinski definition) is 2. The van der Waals surface area contributed by atoms with Crippen LogP contribution in [0.2, 0.25) is 0 Å². The predicted molar refractivity (Wildman–Crippen MR) is 138 cm³/mol. The van der Waals surface area contributed by atoms with Gasteiger partial charge >= 0.3 is 0 Å². The van der Waals surface area contributed by atoms with Gasteiger partial charge in [0.15, 0.2) is 5.96 Å². The van der Waals surface area contributed by atoms with Gasteiger partial charge < -0.3 is 15.5 Å². The zero-order valence-corrected chi connectivity index (χ0v) is 21.9. The first-order chi connectivity index (χ1) is 15.1. The summed E-state index contributed by atoms with van der Waals surface area (Å²) in [5.74, 6) is 2.00. The fraction of sp³-hybridized carbons (Fsp3) is 0.792. The third-order valence-electron chi connectivity index (χ3n) is 7.43. The maximum Gasteiger partial charge on any atom is 0.233 e. The van der Waals surface area contributed by atoms with Gasteiger partial charge in [0.2, 0.25) is 11.8 Å². The molecular weight excluding hydrogens is 517 g/mol. The van der Waals surface area contributed by atoms with E-state index < -0.39 is 0 Å². The Hall–Kier alpha value is -1.16. The first-order valence-corrected chi connectivity index (χ1v) is 12.4. The van der Waals surface area contributed by atoms with E-state index in [2.05, 4.69) is 39.6 Å². The first kappa shape index (κ1) is 25.5. The van der Waals surface area contributed by atoms with Gasteiger partial charge in [0.1, 0.15) is 0 Å². The highest BCUT2D eigenvalue weighted by Gasteiger charge is 2.58. The molecule has 2 bridgehead atoms. The molecule has 5 atom stereocenters. The van der Waals surface area contributed by atoms with Gasteiger partial charge in [0.25, 0.3) is 0 Å². The lowest BCUT2D eigenvalue weighted by molar-refractivity contribution is -0.140. The zero-order valence-electron chi connectivity index (χ0n) is 19.6. The number of rotatable bonds is 9. The molecule has 0 aromatic carbocycles. The maximum atomic E-state index is 12.8. The molecule has 7 nitrogen and oxygen atoms in total. The van der Waals surface area contributed by atoms with Crippen LogP contribution in [0.25, 0.3) is 0 Å². The number of nitrogens with zero attached hydrogens (tertiary/aromatic N) is 3. The molecule has 2 aliphatic heterocycles. The largest absolute Gasteiger partial charge is 0.357 e. The normalized spacial score (nSPS) is 31.8.